The van der Waals surface area contributed by atoms with Crippen LogP contribution in [0.5, 0.6) is 0 Å². The van der Waals surface area contributed by atoms with Crippen molar-refractivity contribution in [3.05, 3.63) is 0 Å². The summed E-state index contributed by atoms with van der Waals surface area (Å²) in [5.41, 5.74) is 0.0469. The maximum Gasteiger partial charge on any atom is 0.157 e. The summed E-state index contributed by atoms with van der Waals surface area (Å²) >= 11 is 3.29. The SMILES string of the molecule is CCCC1C(=O)C(Br)C(=O)CCC1(CC)CC. The maximum absolute atomic E-state index is 12.4. The van der Waals surface area contributed by atoms with Crippen molar-refractivity contribution in [3.63, 3.8) is 0 Å². The van der Waals surface area contributed by atoms with Crippen LogP contribution in [0.25, 0.3) is 0 Å². The molecule has 3 heteroatoms. The zero-order chi connectivity index (χ0) is 13.1. The van der Waals surface area contributed by atoms with Gasteiger partial charge in [-0.25, -0.2) is 0 Å². The van der Waals surface area contributed by atoms with Crippen molar-refractivity contribution in [2.45, 2.75) is 64.1 Å². The third kappa shape index (κ3) is 2.81. The molecule has 0 radical (unpaired) electrons. The van der Waals surface area contributed by atoms with Crippen LogP contribution in [0.2, 0.25) is 0 Å². The summed E-state index contributed by atoms with van der Waals surface area (Å²) in [6, 6.07) is 0. The van der Waals surface area contributed by atoms with Gasteiger partial charge in [-0.2, -0.15) is 0 Å². The highest BCUT2D eigenvalue weighted by molar-refractivity contribution is 9.10. The van der Waals surface area contributed by atoms with Crippen LogP contribution in [0.1, 0.15) is 59.3 Å². The summed E-state index contributed by atoms with van der Waals surface area (Å²) < 4.78 is 0. The molecule has 0 saturated heterocycles. The fourth-order valence-electron chi connectivity index (χ4n) is 3.14. The lowest BCUT2D eigenvalue weighted by Crippen LogP contribution is -2.37. The third-order valence-electron chi connectivity index (χ3n) is 4.47. The minimum atomic E-state index is -0.556. The van der Waals surface area contributed by atoms with Gasteiger partial charge in [-0.3, -0.25) is 9.59 Å². The van der Waals surface area contributed by atoms with E-state index in [9.17, 15) is 9.59 Å². The molecule has 1 aliphatic carbocycles. The molecule has 98 valence electrons. The van der Waals surface area contributed by atoms with Crippen LogP contribution >= 0.6 is 15.9 Å². The van der Waals surface area contributed by atoms with E-state index in [1.165, 1.54) is 0 Å². The number of rotatable bonds is 4. The monoisotopic (exact) mass is 302 g/mol. The molecule has 1 rings (SSSR count). The van der Waals surface area contributed by atoms with E-state index in [2.05, 4.69) is 36.7 Å². The molecule has 1 fully saturated rings. The van der Waals surface area contributed by atoms with Crippen molar-refractivity contribution in [3.8, 4) is 0 Å². The van der Waals surface area contributed by atoms with E-state index in [1.54, 1.807) is 0 Å². The molecule has 0 aromatic carbocycles. The number of alkyl halides is 1. The Bertz CT molecular complexity index is 295. The molecule has 2 unspecified atom stereocenters. The highest BCUT2D eigenvalue weighted by Crippen LogP contribution is 2.46. The Morgan fingerprint density at radius 1 is 1.24 bits per heavy atom. The Morgan fingerprint density at radius 3 is 2.29 bits per heavy atom. The maximum atomic E-state index is 12.4. The second-order valence-electron chi connectivity index (χ2n) is 5.14. The molecule has 2 atom stereocenters. The minimum absolute atomic E-state index is 0.0469. The Morgan fingerprint density at radius 2 is 1.82 bits per heavy atom. The molecule has 0 N–H and O–H groups in total. The number of carbonyl (C=O) groups excluding carboxylic acids is 2. The van der Waals surface area contributed by atoms with Crippen molar-refractivity contribution in [1.82, 2.24) is 0 Å². The largest absolute Gasteiger partial charge is 0.298 e. The fourth-order valence-corrected chi connectivity index (χ4v) is 3.69. The Balaban J connectivity index is 3.10. The zero-order valence-electron chi connectivity index (χ0n) is 11.1. The van der Waals surface area contributed by atoms with Gasteiger partial charge in [0.1, 0.15) is 4.83 Å². The molecular formula is C14H23BrO2. The molecule has 0 aromatic heterocycles. The van der Waals surface area contributed by atoms with Crippen LogP contribution in [0, 0.1) is 11.3 Å². The Hall–Kier alpha value is -0.180. The summed E-state index contributed by atoms with van der Waals surface area (Å²) in [4.78, 5) is 23.7. The van der Waals surface area contributed by atoms with E-state index in [0.29, 0.717) is 6.42 Å². The van der Waals surface area contributed by atoms with Crippen molar-refractivity contribution >= 4 is 27.5 Å². The van der Waals surface area contributed by atoms with E-state index in [4.69, 9.17) is 0 Å². The van der Waals surface area contributed by atoms with Gasteiger partial charge in [0.2, 0.25) is 0 Å². The topological polar surface area (TPSA) is 34.1 Å². The molecule has 17 heavy (non-hydrogen) atoms. The molecule has 1 aliphatic rings. The van der Waals surface area contributed by atoms with Gasteiger partial charge in [-0.1, -0.05) is 43.1 Å². The van der Waals surface area contributed by atoms with Gasteiger partial charge in [0.05, 0.1) is 0 Å². The lowest BCUT2D eigenvalue weighted by Gasteiger charge is -2.37. The predicted molar refractivity (Wildman–Crippen MR) is 73.4 cm³/mol. The smallest absolute Gasteiger partial charge is 0.157 e. The van der Waals surface area contributed by atoms with Crippen molar-refractivity contribution in [2.24, 2.45) is 11.3 Å². The first-order valence-electron chi connectivity index (χ1n) is 6.72. The summed E-state index contributed by atoms with van der Waals surface area (Å²) in [7, 11) is 0. The first kappa shape index (κ1) is 14.9. The van der Waals surface area contributed by atoms with Crippen LogP contribution in [0.15, 0.2) is 0 Å². The van der Waals surface area contributed by atoms with E-state index < -0.39 is 4.83 Å². The van der Waals surface area contributed by atoms with Crippen molar-refractivity contribution in [2.75, 3.05) is 0 Å². The zero-order valence-corrected chi connectivity index (χ0v) is 12.7. The molecule has 0 aliphatic heterocycles. The fraction of sp³-hybridized carbons (Fsp3) is 0.857. The highest BCUT2D eigenvalue weighted by atomic mass is 79.9. The van der Waals surface area contributed by atoms with Gasteiger partial charge in [-0.15, -0.1) is 0 Å². The predicted octanol–water partition coefficient (Wildman–Crippen LogP) is 3.90. The van der Waals surface area contributed by atoms with Gasteiger partial charge < -0.3 is 0 Å². The second-order valence-corrected chi connectivity index (χ2v) is 6.06. The number of hydrogen-bond donors (Lipinski definition) is 0. The van der Waals surface area contributed by atoms with Crippen molar-refractivity contribution in [1.29, 1.82) is 0 Å². The Kier molecular flexibility index (Phi) is 5.36. The van der Waals surface area contributed by atoms with E-state index in [1.807, 2.05) is 0 Å². The lowest BCUT2D eigenvalue weighted by molar-refractivity contribution is -0.129. The molecule has 0 aromatic rings. The molecule has 0 heterocycles. The first-order chi connectivity index (χ1) is 8.02. The summed E-state index contributed by atoms with van der Waals surface area (Å²) in [5.74, 6) is 0.247. The lowest BCUT2D eigenvalue weighted by atomic mass is 9.66. The number of halogens is 1. The molecule has 0 spiro atoms. The second kappa shape index (κ2) is 6.12. The molecule has 0 bridgehead atoms. The van der Waals surface area contributed by atoms with Gasteiger partial charge in [0.25, 0.3) is 0 Å². The van der Waals surface area contributed by atoms with Gasteiger partial charge >= 0.3 is 0 Å². The number of hydrogen-bond acceptors (Lipinski definition) is 2. The van der Waals surface area contributed by atoms with Gasteiger partial charge in [0, 0.05) is 12.3 Å². The average molecular weight is 303 g/mol. The normalized spacial score (nSPS) is 29.2. The minimum Gasteiger partial charge on any atom is -0.298 e. The summed E-state index contributed by atoms with van der Waals surface area (Å²) in [6.07, 6.45) is 5.32. The first-order valence-corrected chi connectivity index (χ1v) is 7.64. The van der Waals surface area contributed by atoms with Crippen LogP contribution in [-0.2, 0) is 9.59 Å². The van der Waals surface area contributed by atoms with E-state index in [-0.39, 0.29) is 22.9 Å². The molecule has 1 saturated carbocycles. The van der Waals surface area contributed by atoms with E-state index >= 15 is 0 Å². The van der Waals surface area contributed by atoms with E-state index in [0.717, 1.165) is 32.1 Å². The van der Waals surface area contributed by atoms with Gasteiger partial charge in [0.15, 0.2) is 11.6 Å². The number of carbonyl (C=O) groups is 2. The highest BCUT2D eigenvalue weighted by Gasteiger charge is 2.45. The van der Waals surface area contributed by atoms with Crippen molar-refractivity contribution < 1.29 is 9.59 Å². The van der Waals surface area contributed by atoms with Crippen LogP contribution < -0.4 is 0 Å². The summed E-state index contributed by atoms with van der Waals surface area (Å²) in [5, 5.41) is 0. The molecule has 2 nitrogen and oxygen atoms in total. The third-order valence-corrected chi connectivity index (χ3v) is 5.43. The number of Topliss-reactive ketones (excluding diaryl/α,β-unsaturated/α-hetero) is 2. The Labute approximate surface area is 113 Å². The van der Waals surface area contributed by atoms with Gasteiger partial charge in [-0.05, 0) is 31.1 Å². The van der Waals surface area contributed by atoms with Crippen LogP contribution in [0.3, 0.4) is 0 Å². The average Bonchev–Trinajstić information content (AvgIpc) is 2.43. The standard InChI is InChI=1S/C14H23BrO2/c1-4-7-10-13(17)12(15)11(16)8-9-14(10,5-2)6-3/h10,12H,4-9H2,1-3H3. The summed E-state index contributed by atoms with van der Waals surface area (Å²) in [6.45, 7) is 6.41. The van der Waals surface area contributed by atoms with Crippen LogP contribution in [0.4, 0.5) is 0 Å². The molecule has 0 amide bonds. The quantitative estimate of drug-likeness (QED) is 0.448. The molecular weight excluding hydrogens is 280 g/mol. The van der Waals surface area contributed by atoms with Crippen LogP contribution in [-0.4, -0.2) is 16.4 Å². The number of ketones is 2.